The van der Waals surface area contributed by atoms with Crippen LogP contribution in [0.4, 0.5) is 5.69 Å². The van der Waals surface area contributed by atoms with Gasteiger partial charge in [0.1, 0.15) is 0 Å². The zero-order valence-corrected chi connectivity index (χ0v) is 13.6. The molecule has 20 heavy (non-hydrogen) atoms. The lowest BCUT2D eigenvalue weighted by atomic mass is 9.83. The molecule has 0 unspecified atom stereocenters. The van der Waals surface area contributed by atoms with Crippen molar-refractivity contribution >= 4 is 5.69 Å². The molecule has 3 heteroatoms. The van der Waals surface area contributed by atoms with Crippen LogP contribution >= 0.6 is 0 Å². The highest BCUT2D eigenvalue weighted by atomic mass is 15.2. The average molecular weight is 275 g/mol. The van der Waals surface area contributed by atoms with Crippen LogP contribution in [0.5, 0.6) is 0 Å². The lowest BCUT2D eigenvalue weighted by Gasteiger charge is -2.34. The molecular formula is C17H29N3. The summed E-state index contributed by atoms with van der Waals surface area (Å²) >= 11 is 0. The SMILES string of the molecule is CC(C)C(c1ccc(N2CCN(C)CC2)cn1)C(C)C. The molecule has 0 bridgehead atoms. The summed E-state index contributed by atoms with van der Waals surface area (Å²) in [5.41, 5.74) is 2.51. The van der Waals surface area contributed by atoms with Crippen molar-refractivity contribution in [3.8, 4) is 0 Å². The van der Waals surface area contributed by atoms with Crippen LogP contribution in [0.3, 0.4) is 0 Å². The maximum Gasteiger partial charge on any atom is 0.0553 e. The van der Waals surface area contributed by atoms with E-state index in [0.717, 1.165) is 26.2 Å². The smallest absolute Gasteiger partial charge is 0.0553 e. The maximum absolute atomic E-state index is 4.76. The van der Waals surface area contributed by atoms with Crippen LogP contribution in [-0.2, 0) is 0 Å². The first-order valence-electron chi connectivity index (χ1n) is 7.88. The van der Waals surface area contributed by atoms with Crippen molar-refractivity contribution in [2.75, 3.05) is 38.1 Å². The lowest BCUT2D eigenvalue weighted by molar-refractivity contribution is 0.312. The largest absolute Gasteiger partial charge is 0.368 e. The third-order valence-corrected chi connectivity index (χ3v) is 4.42. The first-order valence-corrected chi connectivity index (χ1v) is 7.88. The van der Waals surface area contributed by atoms with E-state index in [1.54, 1.807) is 0 Å². The highest BCUT2D eigenvalue weighted by molar-refractivity contribution is 5.45. The molecule has 0 radical (unpaired) electrons. The van der Waals surface area contributed by atoms with Gasteiger partial charge in [-0.2, -0.15) is 0 Å². The number of likely N-dealkylation sites (N-methyl/N-ethyl adjacent to an activating group) is 1. The topological polar surface area (TPSA) is 19.4 Å². The minimum atomic E-state index is 0.552. The molecule has 1 fully saturated rings. The van der Waals surface area contributed by atoms with Gasteiger partial charge in [-0.05, 0) is 31.0 Å². The van der Waals surface area contributed by atoms with E-state index in [2.05, 4.69) is 62.9 Å². The molecule has 0 amide bonds. The fourth-order valence-electron chi connectivity index (χ4n) is 3.30. The van der Waals surface area contributed by atoms with Crippen LogP contribution in [-0.4, -0.2) is 43.1 Å². The molecule has 1 aliphatic rings. The number of rotatable bonds is 4. The number of hydrogen-bond donors (Lipinski definition) is 0. The number of hydrogen-bond acceptors (Lipinski definition) is 3. The average Bonchev–Trinajstić information content (AvgIpc) is 2.40. The van der Waals surface area contributed by atoms with Gasteiger partial charge in [0.15, 0.2) is 0 Å². The van der Waals surface area contributed by atoms with Crippen LogP contribution in [0.1, 0.15) is 39.3 Å². The normalized spacial score (nSPS) is 17.5. The molecule has 1 aromatic heterocycles. The van der Waals surface area contributed by atoms with E-state index < -0.39 is 0 Å². The molecule has 1 aromatic rings. The molecule has 1 saturated heterocycles. The van der Waals surface area contributed by atoms with Crippen LogP contribution in [0.15, 0.2) is 18.3 Å². The van der Waals surface area contributed by atoms with Gasteiger partial charge in [0.2, 0.25) is 0 Å². The lowest BCUT2D eigenvalue weighted by Crippen LogP contribution is -2.44. The fraction of sp³-hybridized carbons (Fsp3) is 0.706. The second kappa shape index (κ2) is 6.57. The molecule has 0 N–H and O–H groups in total. The first-order chi connectivity index (χ1) is 9.49. The summed E-state index contributed by atoms with van der Waals surface area (Å²) in [7, 11) is 2.19. The van der Waals surface area contributed by atoms with E-state index in [1.807, 2.05) is 0 Å². The molecule has 0 aromatic carbocycles. The summed E-state index contributed by atoms with van der Waals surface area (Å²) in [5.74, 6) is 1.82. The Labute approximate surface area is 124 Å². The minimum absolute atomic E-state index is 0.552. The molecule has 3 nitrogen and oxygen atoms in total. The molecule has 0 spiro atoms. The van der Waals surface area contributed by atoms with Crippen molar-refractivity contribution in [1.29, 1.82) is 0 Å². The Morgan fingerprint density at radius 3 is 2.00 bits per heavy atom. The third kappa shape index (κ3) is 3.51. The van der Waals surface area contributed by atoms with Crippen molar-refractivity contribution in [2.24, 2.45) is 11.8 Å². The van der Waals surface area contributed by atoms with Gasteiger partial charge in [-0.15, -0.1) is 0 Å². The zero-order valence-electron chi connectivity index (χ0n) is 13.6. The van der Waals surface area contributed by atoms with Crippen molar-refractivity contribution < 1.29 is 0 Å². The molecule has 1 aliphatic heterocycles. The van der Waals surface area contributed by atoms with E-state index in [1.165, 1.54) is 11.4 Å². The van der Waals surface area contributed by atoms with Gasteiger partial charge in [-0.1, -0.05) is 27.7 Å². The molecule has 0 aliphatic carbocycles. The highest BCUT2D eigenvalue weighted by Gasteiger charge is 2.21. The minimum Gasteiger partial charge on any atom is -0.368 e. The fourth-order valence-corrected chi connectivity index (χ4v) is 3.30. The van der Waals surface area contributed by atoms with E-state index in [4.69, 9.17) is 4.98 Å². The number of pyridine rings is 1. The van der Waals surface area contributed by atoms with Gasteiger partial charge in [0.25, 0.3) is 0 Å². The standard InChI is InChI=1S/C17H29N3/c1-13(2)17(14(3)4)16-7-6-15(12-18-16)20-10-8-19(5)9-11-20/h6-7,12-14,17H,8-11H2,1-5H3. The van der Waals surface area contributed by atoms with E-state index in [9.17, 15) is 0 Å². The van der Waals surface area contributed by atoms with Gasteiger partial charge < -0.3 is 9.80 Å². The summed E-state index contributed by atoms with van der Waals surface area (Å²) in [6.07, 6.45) is 2.07. The Morgan fingerprint density at radius 1 is 0.950 bits per heavy atom. The maximum atomic E-state index is 4.76. The molecule has 0 saturated carbocycles. The van der Waals surface area contributed by atoms with Crippen LogP contribution in [0.25, 0.3) is 0 Å². The molecule has 112 valence electrons. The second-order valence-electron chi connectivity index (χ2n) is 6.75. The summed E-state index contributed by atoms with van der Waals surface area (Å²) in [4.78, 5) is 9.58. The van der Waals surface area contributed by atoms with Gasteiger partial charge in [0, 0.05) is 37.8 Å². The van der Waals surface area contributed by atoms with Crippen molar-refractivity contribution in [1.82, 2.24) is 9.88 Å². The van der Waals surface area contributed by atoms with Crippen molar-refractivity contribution in [3.05, 3.63) is 24.0 Å². The summed E-state index contributed by atoms with van der Waals surface area (Å²) in [6.45, 7) is 13.7. The molecule has 2 rings (SSSR count). The van der Waals surface area contributed by atoms with Crippen molar-refractivity contribution in [2.45, 2.75) is 33.6 Å². The monoisotopic (exact) mass is 275 g/mol. The Balaban J connectivity index is 2.09. The molecule has 2 heterocycles. The summed E-state index contributed by atoms with van der Waals surface area (Å²) < 4.78 is 0. The first kappa shape index (κ1) is 15.3. The third-order valence-electron chi connectivity index (χ3n) is 4.42. The Morgan fingerprint density at radius 2 is 1.55 bits per heavy atom. The highest BCUT2D eigenvalue weighted by Crippen LogP contribution is 2.31. The number of aromatic nitrogens is 1. The second-order valence-corrected chi connectivity index (χ2v) is 6.75. The number of piperazine rings is 1. The van der Waals surface area contributed by atoms with Crippen LogP contribution in [0, 0.1) is 11.8 Å². The van der Waals surface area contributed by atoms with Crippen molar-refractivity contribution in [3.63, 3.8) is 0 Å². The van der Waals surface area contributed by atoms with E-state index >= 15 is 0 Å². The van der Waals surface area contributed by atoms with Gasteiger partial charge in [-0.3, -0.25) is 4.98 Å². The van der Waals surface area contributed by atoms with E-state index in [0.29, 0.717) is 17.8 Å². The van der Waals surface area contributed by atoms with Crippen LogP contribution in [0.2, 0.25) is 0 Å². The van der Waals surface area contributed by atoms with Gasteiger partial charge >= 0.3 is 0 Å². The predicted molar refractivity (Wildman–Crippen MR) is 86.4 cm³/mol. The van der Waals surface area contributed by atoms with Gasteiger partial charge in [0.05, 0.1) is 11.9 Å². The predicted octanol–water partition coefficient (Wildman–Crippen LogP) is 3.23. The quantitative estimate of drug-likeness (QED) is 0.841. The Hall–Kier alpha value is -1.09. The van der Waals surface area contributed by atoms with Crippen LogP contribution < -0.4 is 4.90 Å². The van der Waals surface area contributed by atoms with Gasteiger partial charge in [-0.25, -0.2) is 0 Å². The summed E-state index contributed by atoms with van der Waals surface area (Å²) in [6, 6.07) is 4.49. The van der Waals surface area contributed by atoms with E-state index in [-0.39, 0.29) is 0 Å². The molecular weight excluding hydrogens is 246 g/mol. The Bertz CT molecular complexity index is 395. The Kier molecular flexibility index (Phi) is 5.03. The number of anilines is 1. The zero-order chi connectivity index (χ0) is 14.7. The summed E-state index contributed by atoms with van der Waals surface area (Å²) in [5, 5.41) is 0. The molecule has 0 atom stereocenters. The number of nitrogens with zero attached hydrogens (tertiary/aromatic N) is 3.